The van der Waals surface area contributed by atoms with Crippen molar-refractivity contribution in [2.75, 3.05) is 18.4 Å². The molecule has 2 N–H and O–H groups in total. The fourth-order valence-electron chi connectivity index (χ4n) is 1.82. The number of nitrogens with one attached hydrogen (secondary N) is 2. The highest BCUT2D eigenvalue weighted by molar-refractivity contribution is 5.93. The molecule has 7 heteroatoms. The first-order chi connectivity index (χ1) is 9.88. The van der Waals surface area contributed by atoms with E-state index in [1.165, 1.54) is 0 Å². The van der Waals surface area contributed by atoms with Crippen molar-refractivity contribution in [1.82, 2.24) is 10.2 Å². The van der Waals surface area contributed by atoms with E-state index >= 15 is 0 Å². The van der Waals surface area contributed by atoms with Crippen LogP contribution in [0.5, 0.6) is 0 Å². The normalized spacial score (nSPS) is 11.7. The zero-order chi connectivity index (χ0) is 16.0. The third kappa shape index (κ3) is 4.70. The molecule has 3 amide bonds. The van der Waals surface area contributed by atoms with Crippen molar-refractivity contribution in [3.05, 3.63) is 29.8 Å². The van der Waals surface area contributed by atoms with Crippen LogP contribution in [0, 0.1) is 11.6 Å². The van der Waals surface area contributed by atoms with E-state index in [9.17, 15) is 18.4 Å². The number of rotatable bonds is 5. The largest absolute Gasteiger partial charge is 0.341 e. The number of urea groups is 1. The number of likely N-dealkylation sites (N-methyl/N-ethyl adjacent to an activating group) is 1. The Morgan fingerprint density at radius 3 is 2.38 bits per heavy atom. The lowest BCUT2D eigenvalue weighted by molar-refractivity contribution is -0.132. The minimum atomic E-state index is -0.882. The number of nitrogens with zero attached hydrogens (tertiary/aromatic N) is 1. The van der Waals surface area contributed by atoms with Gasteiger partial charge < -0.3 is 15.5 Å². The van der Waals surface area contributed by atoms with Gasteiger partial charge in [-0.15, -0.1) is 0 Å². The summed E-state index contributed by atoms with van der Waals surface area (Å²) in [6.45, 7) is 6.29. The van der Waals surface area contributed by atoms with Gasteiger partial charge in [-0.3, -0.25) is 4.79 Å². The molecule has 0 unspecified atom stereocenters. The third-order valence-corrected chi connectivity index (χ3v) is 2.97. The van der Waals surface area contributed by atoms with E-state index in [2.05, 4.69) is 10.6 Å². The highest BCUT2D eigenvalue weighted by Crippen LogP contribution is 2.14. The summed E-state index contributed by atoms with van der Waals surface area (Å²) in [7, 11) is 0. The van der Waals surface area contributed by atoms with Gasteiger partial charge in [-0.25, -0.2) is 13.6 Å². The van der Waals surface area contributed by atoms with E-state index in [1.807, 2.05) is 13.8 Å². The number of anilines is 1. The summed E-state index contributed by atoms with van der Waals surface area (Å²) in [5.41, 5.74) is -0.156. The quantitative estimate of drug-likeness (QED) is 0.876. The molecule has 5 nitrogen and oxygen atoms in total. The van der Waals surface area contributed by atoms with Gasteiger partial charge in [0.15, 0.2) is 0 Å². The van der Waals surface area contributed by atoms with Crippen molar-refractivity contribution < 1.29 is 18.4 Å². The maximum Gasteiger partial charge on any atom is 0.319 e. The summed E-state index contributed by atoms with van der Waals surface area (Å²) in [6, 6.07) is 1.34. The molecule has 0 spiro atoms. The van der Waals surface area contributed by atoms with Crippen LogP contribution in [0.4, 0.5) is 19.3 Å². The summed E-state index contributed by atoms with van der Waals surface area (Å²) in [4.78, 5) is 25.2. The molecule has 0 saturated heterocycles. The highest BCUT2D eigenvalue weighted by Gasteiger charge is 2.20. The van der Waals surface area contributed by atoms with Crippen LogP contribution < -0.4 is 10.6 Å². The van der Waals surface area contributed by atoms with Crippen molar-refractivity contribution in [2.24, 2.45) is 0 Å². The molecule has 0 heterocycles. The second-order valence-corrected chi connectivity index (χ2v) is 4.45. The van der Waals surface area contributed by atoms with Crippen LogP contribution in [0.2, 0.25) is 0 Å². The van der Waals surface area contributed by atoms with Crippen molar-refractivity contribution in [3.63, 3.8) is 0 Å². The second-order valence-electron chi connectivity index (χ2n) is 4.45. The van der Waals surface area contributed by atoms with Gasteiger partial charge in [0.25, 0.3) is 0 Å². The molecule has 21 heavy (non-hydrogen) atoms. The smallest absolute Gasteiger partial charge is 0.319 e. The molecule has 1 aromatic carbocycles. The van der Waals surface area contributed by atoms with Crippen LogP contribution >= 0.6 is 0 Å². The summed E-state index contributed by atoms with van der Waals surface area (Å²) in [5.74, 6) is -1.84. The highest BCUT2D eigenvalue weighted by atomic mass is 19.1. The third-order valence-electron chi connectivity index (χ3n) is 2.97. The molecule has 0 fully saturated rings. The zero-order valence-electron chi connectivity index (χ0n) is 12.2. The van der Waals surface area contributed by atoms with Crippen LogP contribution in [0.25, 0.3) is 0 Å². The Morgan fingerprint density at radius 1 is 1.24 bits per heavy atom. The second kappa shape index (κ2) is 7.56. The Morgan fingerprint density at radius 2 is 1.86 bits per heavy atom. The lowest BCUT2D eigenvalue weighted by Crippen LogP contribution is -2.48. The van der Waals surface area contributed by atoms with Gasteiger partial charge in [-0.1, -0.05) is 0 Å². The molecule has 1 atom stereocenters. The van der Waals surface area contributed by atoms with E-state index < -0.39 is 23.7 Å². The van der Waals surface area contributed by atoms with Crippen LogP contribution in [0.15, 0.2) is 18.2 Å². The average Bonchev–Trinajstić information content (AvgIpc) is 2.43. The molecule has 0 bridgehead atoms. The fourth-order valence-corrected chi connectivity index (χ4v) is 1.82. The summed E-state index contributed by atoms with van der Waals surface area (Å²) < 4.78 is 26.1. The Labute approximate surface area is 122 Å². The zero-order valence-corrected chi connectivity index (χ0v) is 12.2. The number of carbonyl (C=O) groups is 2. The maximum atomic E-state index is 13.4. The first kappa shape index (κ1) is 16.9. The van der Waals surface area contributed by atoms with Gasteiger partial charge in [0.05, 0.1) is 5.69 Å². The van der Waals surface area contributed by atoms with E-state index in [4.69, 9.17) is 0 Å². The average molecular weight is 299 g/mol. The molecular weight excluding hydrogens is 280 g/mol. The Balaban J connectivity index is 2.62. The van der Waals surface area contributed by atoms with Crippen molar-refractivity contribution >= 4 is 17.6 Å². The standard InChI is InChI=1S/C14H19F2N3O2/c1-4-19(5-2)13(20)9(3)17-14(21)18-12-7-6-10(15)8-11(12)16/h6-9H,4-5H2,1-3H3,(H2,17,18,21)/t9-/m1/s1. The number of hydrogen-bond donors (Lipinski definition) is 2. The fraction of sp³-hybridized carbons (Fsp3) is 0.429. The monoisotopic (exact) mass is 299 g/mol. The van der Waals surface area contributed by atoms with Crippen LogP contribution in [0.1, 0.15) is 20.8 Å². The Bertz CT molecular complexity index is 519. The van der Waals surface area contributed by atoms with E-state index in [0.29, 0.717) is 19.2 Å². The predicted molar refractivity (Wildman–Crippen MR) is 75.9 cm³/mol. The molecule has 116 valence electrons. The molecular formula is C14H19F2N3O2. The number of hydrogen-bond acceptors (Lipinski definition) is 2. The number of amides is 3. The lowest BCUT2D eigenvalue weighted by atomic mass is 10.2. The van der Waals surface area contributed by atoms with E-state index in [1.54, 1.807) is 11.8 Å². The Kier molecular flexibility index (Phi) is 6.08. The van der Waals surface area contributed by atoms with Crippen LogP contribution in [-0.2, 0) is 4.79 Å². The van der Waals surface area contributed by atoms with E-state index in [0.717, 1.165) is 12.1 Å². The van der Waals surface area contributed by atoms with Crippen molar-refractivity contribution in [2.45, 2.75) is 26.8 Å². The Hall–Kier alpha value is -2.18. The van der Waals surface area contributed by atoms with Crippen molar-refractivity contribution in [1.29, 1.82) is 0 Å². The molecule has 1 rings (SSSR count). The van der Waals surface area contributed by atoms with Gasteiger partial charge in [0.2, 0.25) is 5.91 Å². The number of carbonyl (C=O) groups excluding carboxylic acids is 2. The van der Waals surface area contributed by atoms with Crippen molar-refractivity contribution in [3.8, 4) is 0 Å². The predicted octanol–water partition coefficient (Wildman–Crippen LogP) is 2.34. The summed E-state index contributed by atoms with van der Waals surface area (Å²) >= 11 is 0. The molecule has 0 radical (unpaired) electrons. The van der Waals surface area contributed by atoms with Gasteiger partial charge in [0.1, 0.15) is 17.7 Å². The van der Waals surface area contributed by atoms with Gasteiger partial charge in [-0.2, -0.15) is 0 Å². The molecule has 0 aliphatic rings. The minimum Gasteiger partial charge on any atom is -0.341 e. The lowest BCUT2D eigenvalue weighted by Gasteiger charge is -2.23. The van der Waals surface area contributed by atoms with Gasteiger partial charge in [-0.05, 0) is 32.9 Å². The molecule has 0 aromatic heterocycles. The van der Waals surface area contributed by atoms with Crippen LogP contribution in [-0.4, -0.2) is 36.0 Å². The topological polar surface area (TPSA) is 61.4 Å². The van der Waals surface area contributed by atoms with Gasteiger partial charge >= 0.3 is 6.03 Å². The van der Waals surface area contributed by atoms with Gasteiger partial charge in [0, 0.05) is 19.2 Å². The summed E-state index contributed by atoms with van der Waals surface area (Å²) in [5, 5.41) is 4.65. The molecule has 1 aromatic rings. The van der Waals surface area contributed by atoms with Crippen LogP contribution in [0.3, 0.4) is 0 Å². The van der Waals surface area contributed by atoms with E-state index in [-0.39, 0.29) is 11.6 Å². The number of benzene rings is 1. The maximum absolute atomic E-state index is 13.4. The number of halogens is 2. The molecule has 0 aliphatic carbocycles. The SMILES string of the molecule is CCN(CC)C(=O)[C@@H](C)NC(=O)Nc1ccc(F)cc1F. The first-order valence-electron chi connectivity index (χ1n) is 6.70. The first-order valence-corrected chi connectivity index (χ1v) is 6.70. The molecule has 0 saturated carbocycles. The molecule has 0 aliphatic heterocycles. The minimum absolute atomic E-state index is 0.156. The summed E-state index contributed by atoms with van der Waals surface area (Å²) in [6.07, 6.45) is 0.